The number of rotatable bonds is 4. The van der Waals surface area contributed by atoms with E-state index in [1.165, 1.54) is 5.56 Å². The second kappa shape index (κ2) is 5.94. The van der Waals surface area contributed by atoms with E-state index in [1.54, 1.807) is 11.8 Å². The van der Waals surface area contributed by atoms with Crippen molar-refractivity contribution < 1.29 is 0 Å². The summed E-state index contributed by atoms with van der Waals surface area (Å²) < 4.78 is 0. The van der Waals surface area contributed by atoms with Gasteiger partial charge in [-0.3, -0.25) is 0 Å². The maximum Gasteiger partial charge on any atom is 0.125 e. The molecule has 4 heteroatoms. The first-order valence-electron chi connectivity index (χ1n) is 5.29. The van der Waals surface area contributed by atoms with Crippen molar-refractivity contribution in [1.29, 1.82) is 0 Å². The van der Waals surface area contributed by atoms with Gasteiger partial charge in [-0.05, 0) is 29.8 Å². The Morgan fingerprint density at radius 3 is 2.88 bits per heavy atom. The molecule has 0 saturated heterocycles. The molecule has 2 aromatic rings. The molecule has 0 amide bonds. The zero-order chi connectivity index (χ0) is 12.1. The minimum absolute atomic E-state index is 0.806. The largest absolute Gasteiger partial charge is 0.373 e. The van der Waals surface area contributed by atoms with Crippen LogP contribution in [0.5, 0.6) is 0 Å². The molecule has 0 bridgehead atoms. The molecule has 0 fully saturated rings. The molecule has 0 aliphatic heterocycles. The van der Waals surface area contributed by atoms with Crippen LogP contribution in [0.4, 0.5) is 5.82 Å². The summed E-state index contributed by atoms with van der Waals surface area (Å²) >= 11 is 7.84. The van der Waals surface area contributed by atoms with E-state index in [-0.39, 0.29) is 0 Å². The number of anilines is 1. The normalized spacial score (nSPS) is 10.2. The third-order valence-electron chi connectivity index (χ3n) is 2.31. The molecule has 1 aromatic heterocycles. The van der Waals surface area contributed by atoms with E-state index in [0.717, 1.165) is 21.5 Å². The zero-order valence-corrected chi connectivity index (χ0v) is 11.1. The van der Waals surface area contributed by atoms with Crippen LogP contribution in [0.15, 0.2) is 47.5 Å². The summed E-state index contributed by atoms with van der Waals surface area (Å²) in [6.45, 7) is 0. The fourth-order valence-corrected chi connectivity index (χ4v) is 2.61. The van der Waals surface area contributed by atoms with Gasteiger partial charge in [0, 0.05) is 23.9 Å². The Bertz CT molecular complexity index is 502. The molecule has 17 heavy (non-hydrogen) atoms. The van der Waals surface area contributed by atoms with Crippen molar-refractivity contribution in [2.75, 3.05) is 12.4 Å². The van der Waals surface area contributed by atoms with Crippen LogP contribution in [0, 0.1) is 0 Å². The molecule has 88 valence electrons. The van der Waals surface area contributed by atoms with Crippen molar-refractivity contribution in [2.45, 2.75) is 10.6 Å². The van der Waals surface area contributed by atoms with Gasteiger partial charge in [-0.1, -0.05) is 23.7 Å². The lowest BCUT2D eigenvalue weighted by Gasteiger charge is -2.05. The van der Waals surface area contributed by atoms with Gasteiger partial charge in [-0.2, -0.15) is 0 Å². The number of nitrogens with zero attached hydrogens (tertiary/aromatic N) is 1. The summed E-state index contributed by atoms with van der Waals surface area (Å²) in [4.78, 5) is 5.29. The van der Waals surface area contributed by atoms with Crippen LogP contribution in [-0.4, -0.2) is 12.0 Å². The molecule has 0 atom stereocenters. The van der Waals surface area contributed by atoms with Crippen molar-refractivity contribution in [2.24, 2.45) is 0 Å². The van der Waals surface area contributed by atoms with E-state index in [9.17, 15) is 0 Å². The molecule has 1 heterocycles. The quantitative estimate of drug-likeness (QED) is 0.843. The molecule has 0 saturated carbocycles. The van der Waals surface area contributed by atoms with Crippen LogP contribution in [-0.2, 0) is 5.75 Å². The average Bonchev–Trinajstić information content (AvgIpc) is 2.38. The van der Waals surface area contributed by atoms with Crippen LogP contribution in [0.25, 0.3) is 0 Å². The monoisotopic (exact) mass is 264 g/mol. The van der Waals surface area contributed by atoms with E-state index in [0.29, 0.717) is 0 Å². The second-order valence-corrected chi connectivity index (χ2v) is 4.94. The van der Waals surface area contributed by atoms with Crippen LogP contribution in [0.2, 0.25) is 5.02 Å². The molecular weight excluding hydrogens is 252 g/mol. The maximum absolute atomic E-state index is 6.10. The fraction of sp³-hybridized carbons (Fsp3) is 0.154. The summed E-state index contributed by atoms with van der Waals surface area (Å²) in [5.41, 5.74) is 1.23. The third kappa shape index (κ3) is 3.38. The predicted octanol–water partition coefficient (Wildman–Crippen LogP) is 4.07. The van der Waals surface area contributed by atoms with Crippen molar-refractivity contribution >= 4 is 29.2 Å². The molecule has 2 nitrogen and oxygen atoms in total. The number of hydrogen-bond donors (Lipinski definition) is 1. The number of pyridine rings is 1. The molecule has 1 N–H and O–H groups in total. The van der Waals surface area contributed by atoms with Crippen LogP contribution in [0.3, 0.4) is 0 Å². The van der Waals surface area contributed by atoms with E-state index >= 15 is 0 Å². The van der Waals surface area contributed by atoms with Gasteiger partial charge in [-0.25, -0.2) is 4.98 Å². The lowest BCUT2D eigenvalue weighted by Crippen LogP contribution is -1.92. The number of benzene rings is 1. The van der Waals surface area contributed by atoms with E-state index in [1.807, 2.05) is 49.6 Å². The first kappa shape index (κ1) is 12.3. The summed E-state index contributed by atoms with van der Waals surface area (Å²) in [6, 6.07) is 12.0. The molecule has 0 aliphatic rings. The van der Waals surface area contributed by atoms with E-state index in [2.05, 4.69) is 10.3 Å². The Hall–Kier alpha value is -1.19. The number of thioether (sulfide) groups is 1. The Morgan fingerprint density at radius 2 is 2.12 bits per heavy atom. The number of aromatic nitrogens is 1. The summed E-state index contributed by atoms with van der Waals surface area (Å²) in [5.74, 6) is 1.78. The van der Waals surface area contributed by atoms with Crippen molar-refractivity contribution in [1.82, 2.24) is 4.98 Å². The van der Waals surface area contributed by atoms with Crippen LogP contribution in [0.1, 0.15) is 5.56 Å². The summed E-state index contributed by atoms with van der Waals surface area (Å²) in [6.07, 6.45) is 1.81. The molecule has 0 aliphatic carbocycles. The third-order valence-corrected chi connectivity index (χ3v) is 3.90. The van der Waals surface area contributed by atoms with Crippen molar-refractivity contribution in [3.63, 3.8) is 0 Å². The Labute approximate surface area is 110 Å². The number of hydrogen-bond acceptors (Lipinski definition) is 3. The number of halogens is 1. The van der Waals surface area contributed by atoms with Gasteiger partial charge >= 0.3 is 0 Å². The zero-order valence-electron chi connectivity index (χ0n) is 9.48. The Morgan fingerprint density at radius 1 is 1.29 bits per heavy atom. The van der Waals surface area contributed by atoms with Gasteiger partial charge in [-0.15, -0.1) is 11.8 Å². The molecule has 0 radical (unpaired) electrons. The molecular formula is C13H13ClN2S. The van der Waals surface area contributed by atoms with Gasteiger partial charge in [0.25, 0.3) is 0 Å². The standard InChI is InChI=1S/C13H13ClN2S/c1-15-13-8-10(6-7-16-13)9-17-12-5-3-2-4-11(12)14/h2-8H,9H2,1H3,(H,15,16). The Kier molecular flexibility index (Phi) is 4.29. The minimum Gasteiger partial charge on any atom is -0.373 e. The van der Waals surface area contributed by atoms with Crippen LogP contribution < -0.4 is 5.32 Å². The molecule has 0 unspecified atom stereocenters. The smallest absolute Gasteiger partial charge is 0.125 e. The first-order chi connectivity index (χ1) is 8.29. The average molecular weight is 265 g/mol. The summed E-state index contributed by atoms with van der Waals surface area (Å²) in [7, 11) is 1.87. The summed E-state index contributed by atoms with van der Waals surface area (Å²) in [5, 5.41) is 3.84. The van der Waals surface area contributed by atoms with Crippen LogP contribution >= 0.6 is 23.4 Å². The van der Waals surface area contributed by atoms with Gasteiger partial charge < -0.3 is 5.32 Å². The molecule has 1 aromatic carbocycles. The minimum atomic E-state index is 0.806. The van der Waals surface area contributed by atoms with Gasteiger partial charge in [0.1, 0.15) is 5.82 Å². The highest BCUT2D eigenvalue weighted by molar-refractivity contribution is 7.98. The van der Waals surface area contributed by atoms with E-state index < -0.39 is 0 Å². The van der Waals surface area contributed by atoms with Crippen molar-refractivity contribution in [3.8, 4) is 0 Å². The maximum atomic E-state index is 6.10. The molecule has 2 rings (SSSR count). The fourth-order valence-electron chi connectivity index (χ4n) is 1.42. The lowest BCUT2D eigenvalue weighted by atomic mass is 10.3. The van der Waals surface area contributed by atoms with Gasteiger partial charge in [0.15, 0.2) is 0 Å². The van der Waals surface area contributed by atoms with Crippen molar-refractivity contribution in [3.05, 3.63) is 53.2 Å². The van der Waals surface area contributed by atoms with Gasteiger partial charge in [0.05, 0.1) is 5.02 Å². The van der Waals surface area contributed by atoms with Gasteiger partial charge in [0.2, 0.25) is 0 Å². The number of nitrogens with one attached hydrogen (secondary N) is 1. The SMILES string of the molecule is CNc1cc(CSc2ccccc2Cl)ccn1. The highest BCUT2D eigenvalue weighted by Gasteiger charge is 2.01. The predicted molar refractivity (Wildman–Crippen MR) is 74.8 cm³/mol. The molecule has 0 spiro atoms. The highest BCUT2D eigenvalue weighted by Crippen LogP contribution is 2.29. The Balaban J connectivity index is 2.05. The lowest BCUT2D eigenvalue weighted by molar-refractivity contribution is 1.24. The van der Waals surface area contributed by atoms with E-state index in [4.69, 9.17) is 11.6 Å². The topological polar surface area (TPSA) is 24.9 Å². The second-order valence-electron chi connectivity index (χ2n) is 3.52. The highest BCUT2D eigenvalue weighted by atomic mass is 35.5. The first-order valence-corrected chi connectivity index (χ1v) is 6.66.